The summed E-state index contributed by atoms with van der Waals surface area (Å²) >= 11 is 0. The van der Waals surface area contributed by atoms with Gasteiger partial charge in [0.15, 0.2) is 0 Å². The molecule has 0 radical (unpaired) electrons. The predicted octanol–water partition coefficient (Wildman–Crippen LogP) is 3.00. The van der Waals surface area contributed by atoms with E-state index in [0.717, 1.165) is 30.3 Å². The van der Waals surface area contributed by atoms with Crippen LogP contribution in [0, 0.1) is 5.92 Å². The van der Waals surface area contributed by atoms with Crippen molar-refractivity contribution in [3.05, 3.63) is 36.3 Å². The lowest BCUT2D eigenvalue weighted by molar-refractivity contribution is 0.341. The van der Waals surface area contributed by atoms with Gasteiger partial charge in [-0.2, -0.15) is 0 Å². The van der Waals surface area contributed by atoms with E-state index in [1.807, 2.05) is 24.4 Å². The first-order valence-electron chi connectivity index (χ1n) is 7.05. The molecule has 0 bridgehead atoms. The van der Waals surface area contributed by atoms with Gasteiger partial charge in [-0.15, -0.1) is 0 Å². The Hall–Kier alpha value is -1.35. The van der Waals surface area contributed by atoms with Gasteiger partial charge in [-0.05, 0) is 37.4 Å². The molecule has 1 fully saturated rings. The largest absolute Gasteiger partial charge is 0.311 e. The fourth-order valence-electron chi connectivity index (χ4n) is 2.87. The van der Waals surface area contributed by atoms with Gasteiger partial charge in [-0.1, -0.05) is 25.3 Å². The Morgan fingerprint density at radius 3 is 2.94 bits per heavy atom. The average Bonchev–Trinajstić information content (AvgIpc) is 2.82. The quantitative estimate of drug-likeness (QED) is 0.894. The number of imidazole rings is 1. The lowest BCUT2D eigenvalue weighted by Gasteiger charge is -2.21. The number of nitrogens with one attached hydrogen (secondary N) is 1. The second kappa shape index (κ2) is 5.53. The van der Waals surface area contributed by atoms with Gasteiger partial charge in [-0.25, -0.2) is 4.98 Å². The van der Waals surface area contributed by atoms with Gasteiger partial charge in [0.05, 0.1) is 5.69 Å². The second-order valence-corrected chi connectivity index (χ2v) is 5.33. The maximum absolute atomic E-state index is 4.60. The third-order valence-corrected chi connectivity index (χ3v) is 3.88. The minimum Gasteiger partial charge on any atom is -0.311 e. The van der Waals surface area contributed by atoms with Crippen LogP contribution in [-0.4, -0.2) is 15.9 Å². The van der Waals surface area contributed by atoms with E-state index in [-0.39, 0.29) is 0 Å². The van der Waals surface area contributed by atoms with E-state index in [4.69, 9.17) is 0 Å². The summed E-state index contributed by atoms with van der Waals surface area (Å²) in [4.78, 5) is 4.60. The Balaban J connectivity index is 1.53. The molecule has 3 rings (SSSR count). The molecule has 1 aliphatic carbocycles. The Morgan fingerprint density at radius 1 is 1.22 bits per heavy atom. The Labute approximate surface area is 108 Å². The summed E-state index contributed by atoms with van der Waals surface area (Å²) in [6.07, 6.45) is 11.2. The summed E-state index contributed by atoms with van der Waals surface area (Å²) in [5.41, 5.74) is 2.17. The summed E-state index contributed by atoms with van der Waals surface area (Å²) in [6.45, 7) is 2.03. The molecular formula is C15H21N3. The molecule has 0 spiro atoms. The molecule has 0 saturated heterocycles. The lowest BCUT2D eigenvalue weighted by Crippen LogP contribution is -2.24. The molecule has 96 valence electrons. The molecule has 0 amide bonds. The van der Waals surface area contributed by atoms with E-state index in [2.05, 4.69) is 20.9 Å². The summed E-state index contributed by atoms with van der Waals surface area (Å²) in [6, 6.07) is 6.11. The Morgan fingerprint density at radius 2 is 2.11 bits per heavy atom. The highest BCUT2D eigenvalue weighted by molar-refractivity contribution is 5.39. The third-order valence-electron chi connectivity index (χ3n) is 3.88. The number of aromatic nitrogens is 2. The Bertz CT molecular complexity index is 464. The molecule has 2 aromatic heterocycles. The van der Waals surface area contributed by atoms with Crippen molar-refractivity contribution in [1.29, 1.82) is 0 Å². The van der Waals surface area contributed by atoms with Crippen LogP contribution in [0.4, 0.5) is 0 Å². The monoisotopic (exact) mass is 243 g/mol. The predicted molar refractivity (Wildman–Crippen MR) is 73.5 cm³/mol. The molecule has 0 atom stereocenters. The first kappa shape index (κ1) is 11.7. The highest BCUT2D eigenvalue weighted by Crippen LogP contribution is 2.22. The van der Waals surface area contributed by atoms with Crippen molar-refractivity contribution in [1.82, 2.24) is 14.7 Å². The van der Waals surface area contributed by atoms with E-state index in [0.29, 0.717) is 0 Å². The molecule has 2 aromatic rings. The zero-order valence-electron chi connectivity index (χ0n) is 10.8. The number of hydrogen-bond acceptors (Lipinski definition) is 2. The van der Waals surface area contributed by atoms with Crippen LogP contribution >= 0.6 is 0 Å². The van der Waals surface area contributed by atoms with Crippen molar-refractivity contribution in [3.63, 3.8) is 0 Å². The summed E-state index contributed by atoms with van der Waals surface area (Å²) in [5, 5.41) is 3.56. The molecule has 3 heteroatoms. The van der Waals surface area contributed by atoms with Crippen molar-refractivity contribution in [3.8, 4) is 0 Å². The van der Waals surface area contributed by atoms with Crippen molar-refractivity contribution >= 4 is 5.65 Å². The van der Waals surface area contributed by atoms with Gasteiger partial charge in [0.2, 0.25) is 0 Å². The van der Waals surface area contributed by atoms with Crippen LogP contribution in [0.5, 0.6) is 0 Å². The topological polar surface area (TPSA) is 29.3 Å². The van der Waals surface area contributed by atoms with E-state index < -0.39 is 0 Å². The molecule has 0 unspecified atom stereocenters. The van der Waals surface area contributed by atoms with Gasteiger partial charge >= 0.3 is 0 Å². The normalized spacial score (nSPS) is 17.3. The highest BCUT2D eigenvalue weighted by atomic mass is 15.0. The van der Waals surface area contributed by atoms with Crippen molar-refractivity contribution in [2.75, 3.05) is 6.54 Å². The Kier molecular flexibility index (Phi) is 3.60. The van der Waals surface area contributed by atoms with E-state index in [9.17, 15) is 0 Å². The van der Waals surface area contributed by atoms with Crippen LogP contribution in [0.2, 0.25) is 0 Å². The third kappa shape index (κ3) is 2.72. The maximum Gasteiger partial charge on any atom is 0.137 e. The van der Waals surface area contributed by atoms with Crippen LogP contribution < -0.4 is 5.32 Å². The number of fused-ring (bicyclic) bond motifs is 1. The van der Waals surface area contributed by atoms with Crippen LogP contribution in [-0.2, 0) is 6.54 Å². The highest BCUT2D eigenvalue weighted by Gasteiger charge is 2.12. The van der Waals surface area contributed by atoms with Gasteiger partial charge in [0.1, 0.15) is 5.65 Å². The smallest absolute Gasteiger partial charge is 0.137 e. The van der Waals surface area contributed by atoms with Crippen molar-refractivity contribution in [2.24, 2.45) is 5.92 Å². The molecule has 18 heavy (non-hydrogen) atoms. The molecule has 0 aliphatic heterocycles. The van der Waals surface area contributed by atoms with E-state index in [1.54, 1.807) is 0 Å². The number of pyridine rings is 1. The molecule has 3 nitrogen and oxygen atoms in total. The van der Waals surface area contributed by atoms with Crippen LogP contribution in [0.3, 0.4) is 0 Å². The van der Waals surface area contributed by atoms with Crippen LogP contribution in [0.25, 0.3) is 5.65 Å². The summed E-state index contributed by atoms with van der Waals surface area (Å²) < 4.78 is 2.08. The zero-order valence-corrected chi connectivity index (χ0v) is 10.8. The summed E-state index contributed by atoms with van der Waals surface area (Å²) in [5.74, 6) is 0.885. The van der Waals surface area contributed by atoms with Crippen LogP contribution in [0.1, 0.15) is 37.8 Å². The van der Waals surface area contributed by atoms with Gasteiger partial charge in [-0.3, -0.25) is 0 Å². The fraction of sp³-hybridized carbons (Fsp3) is 0.533. The first-order valence-corrected chi connectivity index (χ1v) is 7.05. The lowest BCUT2D eigenvalue weighted by atomic mass is 9.89. The molecular weight excluding hydrogens is 222 g/mol. The molecule has 1 aliphatic rings. The number of rotatable bonds is 4. The fourth-order valence-corrected chi connectivity index (χ4v) is 2.87. The average molecular weight is 243 g/mol. The van der Waals surface area contributed by atoms with Crippen molar-refractivity contribution < 1.29 is 0 Å². The van der Waals surface area contributed by atoms with Crippen LogP contribution in [0.15, 0.2) is 30.6 Å². The molecule has 2 heterocycles. The van der Waals surface area contributed by atoms with Crippen molar-refractivity contribution in [2.45, 2.75) is 38.6 Å². The van der Waals surface area contributed by atoms with Gasteiger partial charge in [0, 0.05) is 18.9 Å². The molecule has 1 N–H and O–H groups in total. The minimum absolute atomic E-state index is 0.885. The van der Waals surface area contributed by atoms with E-state index in [1.165, 1.54) is 32.1 Å². The molecule has 1 saturated carbocycles. The number of nitrogens with zero attached hydrogens (tertiary/aromatic N) is 2. The summed E-state index contributed by atoms with van der Waals surface area (Å²) in [7, 11) is 0. The second-order valence-electron chi connectivity index (χ2n) is 5.33. The minimum atomic E-state index is 0.885. The maximum atomic E-state index is 4.60. The first-order chi connectivity index (χ1) is 8.92. The molecule has 0 aromatic carbocycles. The standard InChI is InChI=1S/C15H21N3/c1-2-6-13(7-3-1)10-16-11-14-12-18-9-5-4-8-15(18)17-14/h4-5,8-9,12-13,16H,1-3,6-7,10-11H2. The van der Waals surface area contributed by atoms with Gasteiger partial charge in [0.25, 0.3) is 0 Å². The van der Waals surface area contributed by atoms with Gasteiger partial charge < -0.3 is 9.72 Å². The van der Waals surface area contributed by atoms with E-state index >= 15 is 0 Å². The zero-order chi connectivity index (χ0) is 12.2. The number of hydrogen-bond donors (Lipinski definition) is 1. The SMILES string of the molecule is c1ccn2cc(CNCC3CCCCC3)nc2c1.